The van der Waals surface area contributed by atoms with Gasteiger partial charge in [-0.2, -0.15) is 5.10 Å². The van der Waals surface area contributed by atoms with Crippen LogP contribution in [0.1, 0.15) is 15.9 Å². The van der Waals surface area contributed by atoms with Gasteiger partial charge < -0.3 is 10.2 Å². The van der Waals surface area contributed by atoms with E-state index in [1.807, 2.05) is 50.5 Å². The predicted octanol–water partition coefficient (Wildman–Crippen LogP) is 2.47. The van der Waals surface area contributed by atoms with Gasteiger partial charge in [-0.1, -0.05) is 42.5 Å². The number of likely N-dealkylation sites (N-methyl/N-ethyl adjacent to an activating group) is 1. The third-order valence-electron chi connectivity index (χ3n) is 4.26. The largest absolute Gasteiger partial charge is 0.350 e. The number of aromatic amines is 1. The molecule has 3 aromatic rings. The van der Waals surface area contributed by atoms with E-state index in [2.05, 4.69) is 32.5 Å². The fourth-order valence-corrected chi connectivity index (χ4v) is 2.79. The lowest BCUT2D eigenvalue weighted by Gasteiger charge is -2.25. The van der Waals surface area contributed by atoms with Gasteiger partial charge in [0.25, 0.3) is 5.91 Å². The fourth-order valence-electron chi connectivity index (χ4n) is 2.79. The number of carbonyl (C=O) groups excluding carboxylic acids is 1. The zero-order chi connectivity index (χ0) is 16.9. The van der Waals surface area contributed by atoms with Crippen molar-refractivity contribution in [2.75, 3.05) is 20.6 Å². The standard InChI is InChI=1S/C19H22N4O/c1-23(2)16(11-14-7-4-3-5-8-14)13-20-19(24)17-10-6-9-15-12-21-22-18(15)17/h3-10,12,16H,11,13H2,1-2H3,(H,20,24)(H,21,22). The first-order chi connectivity index (χ1) is 11.6. The van der Waals surface area contributed by atoms with Gasteiger partial charge in [-0.05, 0) is 32.1 Å². The summed E-state index contributed by atoms with van der Waals surface area (Å²) in [4.78, 5) is 14.7. The van der Waals surface area contributed by atoms with Gasteiger partial charge in [-0.25, -0.2) is 0 Å². The summed E-state index contributed by atoms with van der Waals surface area (Å²) in [6.45, 7) is 0.589. The van der Waals surface area contributed by atoms with E-state index in [9.17, 15) is 4.79 Å². The molecule has 3 rings (SSSR count). The lowest BCUT2D eigenvalue weighted by Crippen LogP contribution is -2.41. The average molecular weight is 322 g/mol. The van der Waals surface area contributed by atoms with Crippen molar-refractivity contribution < 1.29 is 4.79 Å². The molecule has 1 heterocycles. The number of amides is 1. The lowest BCUT2D eigenvalue weighted by molar-refractivity contribution is 0.0943. The molecule has 24 heavy (non-hydrogen) atoms. The van der Waals surface area contributed by atoms with E-state index in [-0.39, 0.29) is 11.9 Å². The SMILES string of the molecule is CN(C)C(CNC(=O)c1cccc2cn[nH]c12)Cc1ccccc1. The number of H-pyrrole nitrogens is 1. The predicted molar refractivity (Wildman–Crippen MR) is 96.0 cm³/mol. The van der Waals surface area contributed by atoms with E-state index in [0.29, 0.717) is 12.1 Å². The van der Waals surface area contributed by atoms with Crippen LogP contribution >= 0.6 is 0 Å². The van der Waals surface area contributed by atoms with Gasteiger partial charge in [-0.3, -0.25) is 9.89 Å². The number of benzene rings is 2. The first-order valence-corrected chi connectivity index (χ1v) is 8.06. The highest BCUT2D eigenvalue weighted by molar-refractivity contribution is 6.05. The summed E-state index contributed by atoms with van der Waals surface area (Å²) in [6.07, 6.45) is 2.62. The van der Waals surface area contributed by atoms with Crippen LogP contribution in [0.4, 0.5) is 0 Å². The molecule has 2 N–H and O–H groups in total. The van der Waals surface area contributed by atoms with Gasteiger partial charge >= 0.3 is 0 Å². The maximum absolute atomic E-state index is 12.6. The Hall–Kier alpha value is -2.66. The summed E-state index contributed by atoms with van der Waals surface area (Å²) >= 11 is 0. The van der Waals surface area contributed by atoms with Crippen LogP contribution in [0.5, 0.6) is 0 Å². The highest BCUT2D eigenvalue weighted by Crippen LogP contribution is 2.15. The highest BCUT2D eigenvalue weighted by atomic mass is 16.1. The van der Waals surface area contributed by atoms with Crippen molar-refractivity contribution in [3.63, 3.8) is 0 Å². The minimum atomic E-state index is -0.0789. The lowest BCUT2D eigenvalue weighted by atomic mass is 10.0. The van der Waals surface area contributed by atoms with E-state index >= 15 is 0 Å². The number of aromatic nitrogens is 2. The Morgan fingerprint density at radius 2 is 1.96 bits per heavy atom. The van der Waals surface area contributed by atoms with Crippen molar-refractivity contribution in [3.05, 3.63) is 65.9 Å². The molecule has 0 saturated carbocycles. The zero-order valence-electron chi connectivity index (χ0n) is 14.0. The molecule has 0 saturated heterocycles. The summed E-state index contributed by atoms with van der Waals surface area (Å²) in [6, 6.07) is 16.2. The molecule has 0 aliphatic rings. The molecule has 0 radical (unpaired) electrons. The second-order valence-corrected chi connectivity index (χ2v) is 6.16. The van der Waals surface area contributed by atoms with Crippen molar-refractivity contribution in [2.24, 2.45) is 0 Å². The van der Waals surface area contributed by atoms with Crippen molar-refractivity contribution in [3.8, 4) is 0 Å². The number of para-hydroxylation sites is 1. The van der Waals surface area contributed by atoms with Crippen LogP contribution in [-0.4, -0.2) is 47.7 Å². The molecule has 5 nitrogen and oxygen atoms in total. The number of nitrogens with zero attached hydrogens (tertiary/aromatic N) is 2. The first-order valence-electron chi connectivity index (χ1n) is 8.06. The molecule has 1 atom stereocenters. The monoisotopic (exact) mass is 322 g/mol. The van der Waals surface area contributed by atoms with Crippen LogP contribution < -0.4 is 5.32 Å². The number of hydrogen-bond donors (Lipinski definition) is 2. The van der Waals surface area contributed by atoms with E-state index in [4.69, 9.17) is 0 Å². The zero-order valence-corrected chi connectivity index (χ0v) is 14.0. The normalized spacial score (nSPS) is 12.5. The molecule has 124 valence electrons. The smallest absolute Gasteiger partial charge is 0.253 e. The average Bonchev–Trinajstić information content (AvgIpc) is 3.07. The minimum absolute atomic E-state index is 0.0789. The molecular weight excluding hydrogens is 300 g/mol. The van der Waals surface area contributed by atoms with Crippen molar-refractivity contribution in [1.82, 2.24) is 20.4 Å². The molecule has 0 aliphatic carbocycles. The number of fused-ring (bicyclic) bond motifs is 1. The molecule has 0 bridgehead atoms. The number of nitrogens with one attached hydrogen (secondary N) is 2. The Labute approximate surface area is 141 Å². The topological polar surface area (TPSA) is 61.0 Å². The molecule has 1 amide bonds. The van der Waals surface area contributed by atoms with Crippen LogP contribution in [0.3, 0.4) is 0 Å². The third kappa shape index (κ3) is 3.63. The molecule has 0 fully saturated rings. The molecule has 1 aromatic heterocycles. The third-order valence-corrected chi connectivity index (χ3v) is 4.26. The van der Waals surface area contributed by atoms with Crippen molar-refractivity contribution in [1.29, 1.82) is 0 Å². The van der Waals surface area contributed by atoms with Crippen molar-refractivity contribution in [2.45, 2.75) is 12.5 Å². The van der Waals surface area contributed by atoms with Crippen molar-refractivity contribution >= 4 is 16.8 Å². The minimum Gasteiger partial charge on any atom is -0.350 e. The summed E-state index contributed by atoms with van der Waals surface area (Å²) in [5.41, 5.74) is 2.67. The molecule has 0 aliphatic heterocycles. The fraction of sp³-hybridized carbons (Fsp3) is 0.263. The number of carbonyl (C=O) groups is 1. The molecule has 5 heteroatoms. The number of rotatable bonds is 6. The van der Waals surface area contributed by atoms with Crippen LogP contribution in [0.15, 0.2) is 54.7 Å². The summed E-state index contributed by atoms with van der Waals surface area (Å²) < 4.78 is 0. The Balaban J connectivity index is 1.68. The molecule has 1 unspecified atom stereocenters. The van der Waals surface area contributed by atoms with Gasteiger partial charge in [0.15, 0.2) is 0 Å². The second-order valence-electron chi connectivity index (χ2n) is 6.16. The Morgan fingerprint density at radius 1 is 1.17 bits per heavy atom. The van der Waals surface area contributed by atoms with Crippen LogP contribution in [-0.2, 0) is 6.42 Å². The maximum Gasteiger partial charge on any atom is 0.253 e. The molecule has 2 aromatic carbocycles. The van der Waals surface area contributed by atoms with E-state index in [0.717, 1.165) is 17.3 Å². The van der Waals surface area contributed by atoms with Gasteiger partial charge in [0.1, 0.15) is 0 Å². The Kier molecular flexibility index (Phi) is 4.91. The maximum atomic E-state index is 12.6. The number of hydrogen-bond acceptors (Lipinski definition) is 3. The van der Waals surface area contributed by atoms with E-state index in [1.54, 1.807) is 6.20 Å². The molecule has 0 spiro atoms. The van der Waals surface area contributed by atoms with Crippen LogP contribution in [0.25, 0.3) is 10.9 Å². The Morgan fingerprint density at radius 3 is 2.71 bits per heavy atom. The summed E-state index contributed by atoms with van der Waals surface area (Å²) in [7, 11) is 4.07. The Bertz CT molecular complexity index is 810. The van der Waals surface area contributed by atoms with Crippen LogP contribution in [0, 0.1) is 0 Å². The summed E-state index contributed by atoms with van der Waals surface area (Å²) in [5, 5.41) is 10.9. The highest BCUT2D eigenvalue weighted by Gasteiger charge is 2.16. The van der Waals surface area contributed by atoms with Crippen LogP contribution in [0.2, 0.25) is 0 Å². The quantitative estimate of drug-likeness (QED) is 0.733. The molecular formula is C19H22N4O. The second kappa shape index (κ2) is 7.27. The van der Waals surface area contributed by atoms with E-state index in [1.165, 1.54) is 5.56 Å². The first kappa shape index (κ1) is 16.2. The van der Waals surface area contributed by atoms with Gasteiger partial charge in [0.05, 0.1) is 17.3 Å². The van der Waals surface area contributed by atoms with E-state index < -0.39 is 0 Å². The van der Waals surface area contributed by atoms with Gasteiger partial charge in [-0.15, -0.1) is 0 Å². The summed E-state index contributed by atoms with van der Waals surface area (Å²) in [5.74, 6) is -0.0789. The van der Waals surface area contributed by atoms with Gasteiger partial charge in [0.2, 0.25) is 0 Å². The van der Waals surface area contributed by atoms with Gasteiger partial charge in [0, 0.05) is 18.0 Å².